The number of esters is 1. The van der Waals surface area contributed by atoms with Gasteiger partial charge in [-0.25, -0.2) is 9.97 Å². The average Bonchev–Trinajstić information content (AvgIpc) is 2.73. The molecule has 0 fully saturated rings. The van der Waals surface area contributed by atoms with Gasteiger partial charge in [0.15, 0.2) is 5.65 Å². The van der Waals surface area contributed by atoms with Gasteiger partial charge in [-0.05, 0) is 6.92 Å². The summed E-state index contributed by atoms with van der Waals surface area (Å²) >= 11 is 0. The van der Waals surface area contributed by atoms with Gasteiger partial charge in [0.05, 0.1) is 24.6 Å². The van der Waals surface area contributed by atoms with Crippen LogP contribution >= 0.6 is 0 Å². The number of aryl methyl sites for hydroxylation is 1. The highest BCUT2D eigenvalue weighted by molar-refractivity contribution is 5.86. The Morgan fingerprint density at radius 3 is 3.11 bits per heavy atom. The lowest BCUT2D eigenvalue weighted by Crippen LogP contribution is -2.12. The van der Waals surface area contributed by atoms with Crippen molar-refractivity contribution < 1.29 is 9.53 Å². The molecule has 7 heteroatoms. The van der Waals surface area contributed by atoms with E-state index < -0.39 is 0 Å². The fourth-order valence-electron chi connectivity index (χ4n) is 1.62. The lowest BCUT2D eigenvalue weighted by atomic mass is 10.3. The second-order valence-electron chi connectivity index (χ2n) is 3.71. The number of carbonyl (C=O) groups is 1. The first-order valence-corrected chi connectivity index (χ1v) is 5.74. The molecule has 2 aromatic rings. The van der Waals surface area contributed by atoms with Crippen LogP contribution in [-0.2, 0) is 16.6 Å². The molecular formula is C11H15N5O2. The van der Waals surface area contributed by atoms with Gasteiger partial charge < -0.3 is 10.1 Å². The van der Waals surface area contributed by atoms with E-state index in [0.29, 0.717) is 25.4 Å². The quantitative estimate of drug-likeness (QED) is 0.787. The highest BCUT2D eigenvalue weighted by Gasteiger charge is 2.08. The van der Waals surface area contributed by atoms with Crippen LogP contribution in [0.15, 0.2) is 12.5 Å². The van der Waals surface area contributed by atoms with Crippen LogP contribution in [0.1, 0.15) is 13.3 Å². The monoisotopic (exact) mass is 249 g/mol. The normalized spacial score (nSPS) is 10.6. The van der Waals surface area contributed by atoms with E-state index in [2.05, 4.69) is 20.4 Å². The maximum Gasteiger partial charge on any atom is 0.307 e. The number of hydrogen-bond donors (Lipinski definition) is 1. The van der Waals surface area contributed by atoms with E-state index in [4.69, 9.17) is 4.74 Å². The molecule has 0 aliphatic rings. The van der Waals surface area contributed by atoms with Gasteiger partial charge in [-0.3, -0.25) is 9.48 Å². The Morgan fingerprint density at radius 1 is 1.50 bits per heavy atom. The summed E-state index contributed by atoms with van der Waals surface area (Å²) in [5.74, 6) is 0.457. The van der Waals surface area contributed by atoms with E-state index >= 15 is 0 Å². The van der Waals surface area contributed by atoms with E-state index in [0.717, 1.165) is 11.0 Å². The second kappa shape index (κ2) is 5.44. The molecule has 18 heavy (non-hydrogen) atoms. The number of fused-ring (bicyclic) bond motifs is 1. The zero-order valence-corrected chi connectivity index (χ0v) is 10.4. The largest absolute Gasteiger partial charge is 0.466 e. The maximum atomic E-state index is 11.2. The fraction of sp³-hybridized carbons (Fsp3) is 0.455. The first-order valence-electron chi connectivity index (χ1n) is 5.74. The first-order chi connectivity index (χ1) is 8.72. The number of aromatic nitrogens is 4. The van der Waals surface area contributed by atoms with E-state index in [1.807, 2.05) is 7.05 Å². The highest BCUT2D eigenvalue weighted by atomic mass is 16.5. The van der Waals surface area contributed by atoms with Crippen molar-refractivity contribution in [1.82, 2.24) is 19.7 Å². The predicted molar refractivity (Wildman–Crippen MR) is 66.0 cm³/mol. The molecule has 0 saturated carbocycles. The number of hydrogen-bond acceptors (Lipinski definition) is 6. The highest BCUT2D eigenvalue weighted by Crippen LogP contribution is 2.17. The number of ether oxygens (including phenoxy) is 1. The van der Waals surface area contributed by atoms with Crippen molar-refractivity contribution in [2.75, 3.05) is 18.5 Å². The molecule has 0 saturated heterocycles. The number of rotatable bonds is 5. The van der Waals surface area contributed by atoms with Crippen molar-refractivity contribution in [2.24, 2.45) is 7.05 Å². The van der Waals surface area contributed by atoms with Crippen molar-refractivity contribution in [3.63, 3.8) is 0 Å². The Hall–Kier alpha value is -2.18. The third-order valence-electron chi connectivity index (χ3n) is 2.46. The summed E-state index contributed by atoms with van der Waals surface area (Å²) in [5, 5.41) is 8.03. The molecule has 0 aliphatic heterocycles. The van der Waals surface area contributed by atoms with Gasteiger partial charge in [0.2, 0.25) is 0 Å². The van der Waals surface area contributed by atoms with Crippen LogP contribution in [0.5, 0.6) is 0 Å². The Balaban J connectivity index is 2.01. The third kappa shape index (κ3) is 2.55. The van der Waals surface area contributed by atoms with Crippen LogP contribution < -0.4 is 5.32 Å². The Kier molecular flexibility index (Phi) is 3.71. The van der Waals surface area contributed by atoms with Crippen LogP contribution in [0.2, 0.25) is 0 Å². The average molecular weight is 249 g/mol. The molecule has 0 radical (unpaired) electrons. The third-order valence-corrected chi connectivity index (χ3v) is 2.46. The first kappa shape index (κ1) is 12.3. The van der Waals surface area contributed by atoms with Crippen LogP contribution in [0.4, 0.5) is 5.82 Å². The Morgan fingerprint density at radius 2 is 2.33 bits per heavy atom. The van der Waals surface area contributed by atoms with Crippen LogP contribution in [0.3, 0.4) is 0 Å². The van der Waals surface area contributed by atoms with Gasteiger partial charge in [-0.2, -0.15) is 5.10 Å². The van der Waals surface area contributed by atoms with Gasteiger partial charge in [0, 0.05) is 13.6 Å². The van der Waals surface area contributed by atoms with Crippen molar-refractivity contribution in [3.8, 4) is 0 Å². The molecule has 0 amide bonds. The molecule has 96 valence electrons. The lowest BCUT2D eigenvalue weighted by molar-refractivity contribution is -0.142. The minimum Gasteiger partial charge on any atom is -0.466 e. The van der Waals surface area contributed by atoms with Crippen molar-refractivity contribution in [2.45, 2.75) is 13.3 Å². The molecule has 2 aromatic heterocycles. The summed E-state index contributed by atoms with van der Waals surface area (Å²) in [6.07, 6.45) is 3.47. The molecule has 0 aromatic carbocycles. The fourth-order valence-corrected chi connectivity index (χ4v) is 1.62. The van der Waals surface area contributed by atoms with Gasteiger partial charge in [-0.15, -0.1) is 0 Å². The number of nitrogens with zero attached hydrogens (tertiary/aromatic N) is 4. The molecule has 1 N–H and O–H groups in total. The lowest BCUT2D eigenvalue weighted by Gasteiger charge is -2.05. The minimum atomic E-state index is -0.221. The minimum absolute atomic E-state index is 0.221. The molecule has 0 atom stereocenters. The van der Waals surface area contributed by atoms with E-state index in [9.17, 15) is 4.79 Å². The zero-order chi connectivity index (χ0) is 13.0. The number of anilines is 1. The smallest absolute Gasteiger partial charge is 0.307 e. The molecule has 0 bridgehead atoms. The summed E-state index contributed by atoms with van der Waals surface area (Å²) in [7, 11) is 1.82. The van der Waals surface area contributed by atoms with Crippen LogP contribution in [0.25, 0.3) is 11.0 Å². The molecule has 2 rings (SSSR count). The Labute approximate surface area is 104 Å². The molecule has 7 nitrogen and oxygen atoms in total. The van der Waals surface area contributed by atoms with E-state index in [1.54, 1.807) is 17.8 Å². The second-order valence-corrected chi connectivity index (χ2v) is 3.71. The van der Waals surface area contributed by atoms with Gasteiger partial charge in [-0.1, -0.05) is 0 Å². The maximum absolute atomic E-state index is 11.2. The standard InChI is InChI=1S/C11H15N5O2/c1-3-18-9(17)4-5-12-10-8-6-15-16(2)11(8)14-7-13-10/h6-7H,3-5H2,1-2H3,(H,12,13,14). The van der Waals surface area contributed by atoms with Gasteiger partial charge >= 0.3 is 5.97 Å². The van der Waals surface area contributed by atoms with Crippen molar-refractivity contribution in [1.29, 1.82) is 0 Å². The summed E-state index contributed by atoms with van der Waals surface area (Å²) in [5.41, 5.74) is 0.753. The van der Waals surface area contributed by atoms with Crippen LogP contribution in [0, 0.1) is 0 Å². The number of carbonyl (C=O) groups excluding carboxylic acids is 1. The Bertz CT molecular complexity index is 551. The molecule has 2 heterocycles. The zero-order valence-electron chi connectivity index (χ0n) is 10.4. The summed E-state index contributed by atoms with van der Waals surface area (Å²) < 4.78 is 6.52. The van der Waals surface area contributed by atoms with Gasteiger partial charge in [0.25, 0.3) is 0 Å². The predicted octanol–water partition coefficient (Wildman–Crippen LogP) is 0.728. The van der Waals surface area contributed by atoms with Crippen molar-refractivity contribution in [3.05, 3.63) is 12.5 Å². The van der Waals surface area contributed by atoms with Crippen molar-refractivity contribution >= 4 is 22.8 Å². The molecule has 0 unspecified atom stereocenters. The number of nitrogens with one attached hydrogen (secondary N) is 1. The van der Waals surface area contributed by atoms with Crippen LogP contribution in [-0.4, -0.2) is 38.9 Å². The summed E-state index contributed by atoms with van der Waals surface area (Å²) in [4.78, 5) is 19.5. The SMILES string of the molecule is CCOC(=O)CCNc1ncnc2c1cnn2C. The van der Waals surface area contributed by atoms with Gasteiger partial charge in [0.1, 0.15) is 12.1 Å². The molecule has 0 spiro atoms. The topological polar surface area (TPSA) is 81.9 Å². The summed E-state index contributed by atoms with van der Waals surface area (Å²) in [6, 6.07) is 0. The molecule has 0 aliphatic carbocycles. The van der Waals surface area contributed by atoms with E-state index in [-0.39, 0.29) is 5.97 Å². The summed E-state index contributed by atoms with van der Waals surface area (Å²) in [6.45, 7) is 2.66. The van der Waals surface area contributed by atoms with E-state index in [1.165, 1.54) is 6.33 Å². The molecular weight excluding hydrogens is 234 g/mol.